The van der Waals surface area contributed by atoms with Gasteiger partial charge in [-0.25, -0.2) is 4.79 Å². The van der Waals surface area contributed by atoms with Gasteiger partial charge in [0, 0.05) is 10.0 Å². The number of imidazole rings is 1. The maximum atomic E-state index is 10.9. The van der Waals surface area contributed by atoms with Crippen LogP contribution in [0.3, 0.4) is 0 Å². The zero-order valence-electron chi connectivity index (χ0n) is 7.04. The smallest absolute Gasteiger partial charge is 0.326 e. The number of rotatable bonds is 1. The first-order valence-corrected chi connectivity index (χ1v) is 4.73. The maximum absolute atomic E-state index is 10.9. The second-order valence-corrected chi connectivity index (χ2v) is 3.73. The Hall–Kier alpha value is -1.49. The molecule has 2 rings (SSSR count). The van der Waals surface area contributed by atoms with Crippen molar-refractivity contribution in [2.24, 2.45) is 0 Å². The van der Waals surface area contributed by atoms with Crippen LogP contribution in [0.2, 0.25) is 0 Å². The fourth-order valence-electron chi connectivity index (χ4n) is 1.23. The van der Waals surface area contributed by atoms with E-state index in [0.29, 0.717) is 5.69 Å². The molecule has 0 radical (unpaired) electrons. The molecule has 0 saturated heterocycles. The van der Waals surface area contributed by atoms with Gasteiger partial charge in [0.2, 0.25) is 5.88 Å². The summed E-state index contributed by atoms with van der Waals surface area (Å²) in [4.78, 5) is 15.6. The lowest BCUT2D eigenvalue weighted by molar-refractivity contribution is 0.457. The Morgan fingerprint density at radius 3 is 2.64 bits per heavy atom. The molecule has 0 saturated carbocycles. The fraction of sp³-hybridized carbons (Fsp3) is 0. The van der Waals surface area contributed by atoms with Crippen LogP contribution < -0.4 is 5.69 Å². The number of aromatic amines is 2. The van der Waals surface area contributed by atoms with Gasteiger partial charge in [-0.15, -0.1) is 0 Å². The van der Waals surface area contributed by atoms with Crippen LogP contribution in [0.1, 0.15) is 0 Å². The monoisotopic (exact) mass is 254 g/mol. The molecule has 1 aromatic heterocycles. The summed E-state index contributed by atoms with van der Waals surface area (Å²) in [6.45, 7) is 0. The van der Waals surface area contributed by atoms with Crippen molar-refractivity contribution in [2.75, 3.05) is 0 Å². The minimum Gasteiger partial charge on any atom is -0.493 e. The molecule has 0 unspecified atom stereocenters. The zero-order chi connectivity index (χ0) is 10.1. The molecule has 5 heteroatoms. The zero-order valence-corrected chi connectivity index (χ0v) is 8.63. The van der Waals surface area contributed by atoms with Gasteiger partial charge >= 0.3 is 5.69 Å². The van der Waals surface area contributed by atoms with Gasteiger partial charge < -0.3 is 10.1 Å². The van der Waals surface area contributed by atoms with Crippen LogP contribution in [0.25, 0.3) is 11.3 Å². The highest BCUT2D eigenvalue weighted by Gasteiger charge is 2.07. The van der Waals surface area contributed by atoms with Crippen LogP contribution >= 0.6 is 15.9 Å². The number of H-pyrrole nitrogens is 2. The number of halogens is 1. The van der Waals surface area contributed by atoms with Crippen molar-refractivity contribution in [2.45, 2.75) is 0 Å². The van der Waals surface area contributed by atoms with Gasteiger partial charge in [-0.05, 0) is 12.1 Å². The Bertz CT molecular complexity index is 516. The maximum Gasteiger partial charge on any atom is 0.326 e. The minimum atomic E-state index is -0.419. The van der Waals surface area contributed by atoms with E-state index in [1.54, 1.807) is 12.1 Å². The van der Waals surface area contributed by atoms with Crippen molar-refractivity contribution in [1.82, 2.24) is 9.97 Å². The number of benzene rings is 1. The molecule has 1 aromatic carbocycles. The van der Waals surface area contributed by atoms with Crippen LogP contribution in [0.5, 0.6) is 5.88 Å². The second kappa shape index (κ2) is 3.34. The van der Waals surface area contributed by atoms with E-state index >= 15 is 0 Å². The molecule has 4 nitrogen and oxygen atoms in total. The van der Waals surface area contributed by atoms with Gasteiger partial charge in [-0.1, -0.05) is 28.1 Å². The van der Waals surface area contributed by atoms with E-state index in [0.717, 1.165) is 10.0 Å². The Labute approximate surface area is 87.7 Å². The largest absolute Gasteiger partial charge is 0.493 e. The third-order valence-electron chi connectivity index (χ3n) is 1.82. The molecule has 2 aromatic rings. The van der Waals surface area contributed by atoms with Crippen LogP contribution in [-0.2, 0) is 0 Å². The molecule has 0 aliphatic rings. The summed E-state index contributed by atoms with van der Waals surface area (Å²) in [5.74, 6) is -0.145. The Kier molecular flexibility index (Phi) is 2.17. The van der Waals surface area contributed by atoms with Crippen molar-refractivity contribution < 1.29 is 5.11 Å². The normalized spacial score (nSPS) is 10.4. The fourth-order valence-corrected chi connectivity index (χ4v) is 1.63. The first-order valence-electron chi connectivity index (χ1n) is 3.94. The predicted octanol–water partition coefficient (Wildman–Crippen LogP) is 1.84. The molecule has 14 heavy (non-hydrogen) atoms. The number of nitrogens with one attached hydrogen (secondary N) is 2. The summed E-state index contributed by atoms with van der Waals surface area (Å²) < 4.78 is 0.886. The molecule has 1 heterocycles. The van der Waals surface area contributed by atoms with E-state index in [4.69, 9.17) is 0 Å². The van der Waals surface area contributed by atoms with Crippen molar-refractivity contribution in [3.63, 3.8) is 0 Å². The summed E-state index contributed by atoms with van der Waals surface area (Å²) in [7, 11) is 0. The molecule has 3 N–H and O–H groups in total. The van der Waals surface area contributed by atoms with Gasteiger partial charge in [0.05, 0.1) is 0 Å². The lowest BCUT2D eigenvalue weighted by atomic mass is 10.2. The molecule has 0 fully saturated rings. The average molecular weight is 255 g/mol. The highest BCUT2D eigenvalue weighted by molar-refractivity contribution is 9.10. The SMILES string of the molecule is O=c1[nH]c(O)c(-c2cccc(Br)c2)[nH]1. The molecule has 0 amide bonds. The average Bonchev–Trinajstić information content (AvgIpc) is 2.45. The van der Waals surface area contributed by atoms with Crippen molar-refractivity contribution >= 4 is 15.9 Å². The lowest BCUT2D eigenvalue weighted by Gasteiger charge is -1.98. The summed E-state index contributed by atoms with van der Waals surface area (Å²) >= 11 is 3.31. The highest BCUT2D eigenvalue weighted by atomic mass is 79.9. The van der Waals surface area contributed by atoms with E-state index in [2.05, 4.69) is 25.9 Å². The van der Waals surface area contributed by atoms with Gasteiger partial charge in [-0.2, -0.15) is 0 Å². The van der Waals surface area contributed by atoms with Gasteiger partial charge in [0.15, 0.2) is 0 Å². The van der Waals surface area contributed by atoms with Crippen LogP contribution in [0.15, 0.2) is 33.5 Å². The van der Waals surface area contributed by atoms with E-state index in [1.807, 2.05) is 12.1 Å². The Balaban J connectivity index is 2.59. The quantitative estimate of drug-likeness (QED) is 0.727. The van der Waals surface area contributed by atoms with Crippen molar-refractivity contribution in [1.29, 1.82) is 0 Å². The van der Waals surface area contributed by atoms with Gasteiger partial charge in [-0.3, -0.25) is 4.98 Å². The van der Waals surface area contributed by atoms with Crippen LogP contribution in [0.4, 0.5) is 0 Å². The number of aromatic nitrogens is 2. The molecule has 0 atom stereocenters. The summed E-state index contributed by atoms with van der Waals surface area (Å²) in [5.41, 5.74) is 0.726. The molecule has 0 bridgehead atoms. The van der Waals surface area contributed by atoms with E-state index in [9.17, 15) is 9.90 Å². The minimum absolute atomic E-state index is 0.145. The van der Waals surface area contributed by atoms with E-state index < -0.39 is 5.69 Å². The van der Waals surface area contributed by atoms with Crippen molar-refractivity contribution in [3.8, 4) is 17.1 Å². The van der Waals surface area contributed by atoms with Gasteiger partial charge in [0.1, 0.15) is 5.69 Å². The number of hydrogen-bond donors (Lipinski definition) is 3. The molecule has 0 aliphatic heterocycles. The van der Waals surface area contributed by atoms with E-state index in [1.165, 1.54) is 0 Å². The highest BCUT2D eigenvalue weighted by Crippen LogP contribution is 2.25. The third kappa shape index (κ3) is 1.58. The van der Waals surface area contributed by atoms with Crippen molar-refractivity contribution in [3.05, 3.63) is 39.2 Å². The Morgan fingerprint density at radius 1 is 1.29 bits per heavy atom. The van der Waals surface area contributed by atoms with Crippen LogP contribution in [-0.4, -0.2) is 15.1 Å². The van der Waals surface area contributed by atoms with Crippen LogP contribution in [0, 0.1) is 0 Å². The number of hydrogen-bond acceptors (Lipinski definition) is 2. The summed E-state index contributed by atoms with van der Waals surface area (Å²) in [6.07, 6.45) is 0. The third-order valence-corrected chi connectivity index (χ3v) is 2.31. The second-order valence-electron chi connectivity index (χ2n) is 2.81. The lowest BCUT2D eigenvalue weighted by Crippen LogP contribution is -1.99. The summed E-state index contributed by atoms with van der Waals surface area (Å²) in [5, 5.41) is 9.37. The molecular formula is C9H7BrN2O2. The molecular weight excluding hydrogens is 248 g/mol. The first kappa shape index (κ1) is 9.08. The summed E-state index contributed by atoms with van der Waals surface area (Å²) in [6, 6.07) is 7.29. The molecule has 0 aliphatic carbocycles. The topological polar surface area (TPSA) is 68.9 Å². The first-order chi connectivity index (χ1) is 6.66. The Morgan fingerprint density at radius 2 is 2.07 bits per heavy atom. The number of aromatic hydroxyl groups is 1. The standard InChI is InChI=1S/C9H7BrN2O2/c10-6-3-1-2-5(4-6)7-8(13)12-9(14)11-7/h1-4,13H,(H2,11,12,14). The van der Waals surface area contributed by atoms with E-state index in [-0.39, 0.29) is 5.88 Å². The molecule has 72 valence electrons. The predicted molar refractivity (Wildman–Crippen MR) is 56.2 cm³/mol. The van der Waals surface area contributed by atoms with Gasteiger partial charge in [0.25, 0.3) is 0 Å². The molecule has 0 spiro atoms.